The van der Waals surface area contributed by atoms with Crippen LogP contribution in [-0.2, 0) is 16.0 Å². The molecular formula is C28H29F3N2O4S. The number of anilines is 1. The molecule has 10 heteroatoms. The smallest absolute Gasteiger partial charge is 0.331 e. The third-order valence-corrected chi connectivity index (χ3v) is 6.91. The van der Waals surface area contributed by atoms with Crippen LogP contribution >= 0.6 is 11.3 Å². The highest BCUT2D eigenvalue weighted by Gasteiger charge is 2.23. The molecule has 0 aliphatic heterocycles. The number of thiazole rings is 1. The van der Waals surface area contributed by atoms with Crippen molar-refractivity contribution in [2.75, 3.05) is 12.4 Å². The van der Waals surface area contributed by atoms with E-state index in [0.29, 0.717) is 17.7 Å². The molecule has 2 N–H and O–H groups in total. The standard InChI is InChI=1S/C28H29F3N2O4S/c1-14(2)25(37-5)15(3)9-17-7-6-8-19(24(17)31)23-13-38-28(32-23)33-26(34)18-11-21(29)20(22(30)12-18)10-16(4)27(35)36/h6-8,10-15,25H,9H2,1-5H3,(H,35,36)(H,32,33,34). The molecule has 2 aromatic carbocycles. The van der Waals surface area contributed by atoms with Crippen molar-refractivity contribution in [1.82, 2.24) is 4.98 Å². The van der Waals surface area contributed by atoms with Gasteiger partial charge < -0.3 is 9.84 Å². The number of aromatic nitrogens is 1. The largest absolute Gasteiger partial charge is 0.478 e. The van der Waals surface area contributed by atoms with Crippen molar-refractivity contribution in [2.24, 2.45) is 11.8 Å². The first kappa shape index (κ1) is 29.1. The van der Waals surface area contributed by atoms with Crippen LogP contribution in [0.3, 0.4) is 0 Å². The molecule has 3 aromatic rings. The highest BCUT2D eigenvalue weighted by molar-refractivity contribution is 7.14. The van der Waals surface area contributed by atoms with Crippen LogP contribution in [0.15, 0.2) is 41.3 Å². The second-order valence-electron chi connectivity index (χ2n) is 9.38. The second-order valence-corrected chi connectivity index (χ2v) is 10.2. The molecule has 202 valence electrons. The second kappa shape index (κ2) is 12.4. The van der Waals surface area contributed by atoms with Crippen molar-refractivity contribution in [3.8, 4) is 11.3 Å². The monoisotopic (exact) mass is 546 g/mol. The van der Waals surface area contributed by atoms with Gasteiger partial charge >= 0.3 is 5.97 Å². The highest BCUT2D eigenvalue weighted by atomic mass is 32.1. The van der Waals surface area contributed by atoms with Crippen molar-refractivity contribution >= 4 is 34.4 Å². The number of carbonyl (C=O) groups excluding carboxylic acids is 1. The van der Waals surface area contributed by atoms with Gasteiger partial charge in [-0.15, -0.1) is 11.3 Å². The topological polar surface area (TPSA) is 88.5 Å². The Labute approximate surface area is 223 Å². The summed E-state index contributed by atoms with van der Waals surface area (Å²) in [6.45, 7) is 7.32. The summed E-state index contributed by atoms with van der Waals surface area (Å²) >= 11 is 1.04. The lowest BCUT2D eigenvalue weighted by molar-refractivity contribution is -0.132. The number of hydrogen-bond acceptors (Lipinski definition) is 5. The van der Waals surface area contributed by atoms with Crippen LogP contribution in [0.5, 0.6) is 0 Å². The summed E-state index contributed by atoms with van der Waals surface area (Å²) in [5.41, 5.74) is -0.0396. The summed E-state index contributed by atoms with van der Waals surface area (Å²) < 4.78 is 49.8. The summed E-state index contributed by atoms with van der Waals surface area (Å²) in [6, 6.07) is 6.67. The lowest BCUT2D eigenvalue weighted by Gasteiger charge is -2.26. The van der Waals surface area contributed by atoms with E-state index in [1.165, 1.54) is 6.92 Å². The Balaban J connectivity index is 1.79. The number of hydrogen-bond donors (Lipinski definition) is 2. The molecule has 0 saturated heterocycles. The molecule has 0 bridgehead atoms. The number of benzene rings is 2. The van der Waals surface area contributed by atoms with Gasteiger partial charge in [-0.05, 0) is 55.0 Å². The molecule has 0 spiro atoms. The molecule has 1 heterocycles. The molecule has 6 nitrogen and oxygen atoms in total. The van der Waals surface area contributed by atoms with E-state index in [1.807, 2.05) is 6.92 Å². The van der Waals surface area contributed by atoms with Crippen LogP contribution < -0.4 is 5.32 Å². The van der Waals surface area contributed by atoms with Gasteiger partial charge in [-0.3, -0.25) is 10.1 Å². The molecule has 2 unspecified atom stereocenters. The van der Waals surface area contributed by atoms with Gasteiger partial charge in [-0.1, -0.05) is 32.9 Å². The van der Waals surface area contributed by atoms with Gasteiger partial charge in [0.1, 0.15) is 17.5 Å². The van der Waals surface area contributed by atoms with Crippen molar-refractivity contribution in [1.29, 1.82) is 0 Å². The number of halogens is 3. The van der Waals surface area contributed by atoms with Crippen LogP contribution in [0.1, 0.15) is 49.2 Å². The van der Waals surface area contributed by atoms with Crippen molar-refractivity contribution in [3.05, 3.63) is 75.4 Å². The number of nitrogens with one attached hydrogen (secondary N) is 1. The minimum atomic E-state index is -1.32. The van der Waals surface area contributed by atoms with E-state index in [4.69, 9.17) is 9.84 Å². The predicted molar refractivity (Wildman–Crippen MR) is 142 cm³/mol. The van der Waals surface area contributed by atoms with Gasteiger partial charge in [-0.2, -0.15) is 0 Å². The summed E-state index contributed by atoms with van der Waals surface area (Å²) in [5, 5.41) is 13.1. The fourth-order valence-electron chi connectivity index (χ4n) is 4.32. The first-order chi connectivity index (χ1) is 17.9. The van der Waals surface area contributed by atoms with E-state index in [9.17, 15) is 18.4 Å². The maximum Gasteiger partial charge on any atom is 0.331 e. The molecule has 0 aliphatic rings. The van der Waals surface area contributed by atoms with E-state index in [2.05, 4.69) is 24.1 Å². The molecule has 0 aliphatic carbocycles. The average molecular weight is 547 g/mol. The van der Waals surface area contributed by atoms with Gasteiger partial charge in [0, 0.05) is 34.8 Å². The predicted octanol–water partition coefficient (Wildman–Crippen LogP) is 6.82. The number of ether oxygens (including phenoxy) is 1. The van der Waals surface area contributed by atoms with Gasteiger partial charge in [-0.25, -0.2) is 22.9 Å². The molecular weight excluding hydrogens is 517 g/mol. The summed E-state index contributed by atoms with van der Waals surface area (Å²) in [6.07, 6.45) is 1.29. The SMILES string of the molecule is COC(C(C)C)C(C)Cc1cccc(-c2csc(NC(=O)c3cc(F)c(C=C(C)C(=O)O)c(F)c3)n2)c1F. The third-order valence-electron chi connectivity index (χ3n) is 6.15. The molecule has 2 atom stereocenters. The first-order valence-electron chi connectivity index (χ1n) is 11.9. The molecule has 3 rings (SSSR count). The summed E-state index contributed by atoms with van der Waals surface area (Å²) in [7, 11) is 1.65. The lowest BCUT2D eigenvalue weighted by Crippen LogP contribution is -2.28. The van der Waals surface area contributed by atoms with E-state index >= 15 is 4.39 Å². The third kappa shape index (κ3) is 6.68. The number of aliphatic carboxylic acids is 1. The van der Waals surface area contributed by atoms with Gasteiger partial charge in [0.05, 0.1) is 11.8 Å². The van der Waals surface area contributed by atoms with E-state index < -0.39 is 34.9 Å². The molecule has 0 saturated carbocycles. The van der Waals surface area contributed by atoms with E-state index in [-0.39, 0.29) is 39.8 Å². The molecule has 0 fully saturated rings. The van der Waals surface area contributed by atoms with Gasteiger partial charge in [0.2, 0.25) is 0 Å². The Morgan fingerprint density at radius 3 is 2.39 bits per heavy atom. The van der Waals surface area contributed by atoms with Crippen LogP contribution in [0, 0.1) is 29.3 Å². The van der Waals surface area contributed by atoms with Gasteiger partial charge in [0.25, 0.3) is 5.91 Å². The zero-order valence-electron chi connectivity index (χ0n) is 21.6. The minimum Gasteiger partial charge on any atom is -0.478 e. The van der Waals surface area contributed by atoms with E-state index in [0.717, 1.165) is 29.5 Å². The number of amides is 1. The van der Waals surface area contributed by atoms with Crippen molar-refractivity contribution in [3.63, 3.8) is 0 Å². The number of carboxylic acid groups (broad SMARTS) is 1. The summed E-state index contributed by atoms with van der Waals surface area (Å²) in [5.74, 6) is -4.38. The van der Waals surface area contributed by atoms with Crippen LogP contribution in [-0.4, -0.2) is 35.2 Å². The van der Waals surface area contributed by atoms with Gasteiger partial charge in [0.15, 0.2) is 5.13 Å². The van der Waals surface area contributed by atoms with Crippen molar-refractivity contribution in [2.45, 2.75) is 40.2 Å². The molecule has 1 amide bonds. The van der Waals surface area contributed by atoms with Crippen molar-refractivity contribution < 1.29 is 32.6 Å². The quantitative estimate of drug-likeness (QED) is 0.273. The Bertz CT molecular complexity index is 1350. The number of carbonyl (C=O) groups is 2. The Morgan fingerprint density at radius 1 is 1.16 bits per heavy atom. The number of nitrogens with zero attached hydrogens (tertiary/aromatic N) is 1. The fourth-order valence-corrected chi connectivity index (χ4v) is 5.02. The average Bonchev–Trinajstić information content (AvgIpc) is 3.30. The zero-order valence-corrected chi connectivity index (χ0v) is 22.5. The maximum atomic E-state index is 15.4. The fraction of sp³-hybridized carbons (Fsp3) is 0.321. The van der Waals surface area contributed by atoms with Crippen LogP contribution in [0.4, 0.5) is 18.3 Å². The number of rotatable bonds is 10. The lowest BCUT2D eigenvalue weighted by atomic mass is 9.88. The number of methoxy groups -OCH3 is 1. The summed E-state index contributed by atoms with van der Waals surface area (Å²) in [4.78, 5) is 27.9. The molecule has 38 heavy (non-hydrogen) atoms. The first-order valence-corrected chi connectivity index (χ1v) is 12.8. The zero-order chi connectivity index (χ0) is 28.1. The molecule has 0 radical (unpaired) electrons. The highest BCUT2D eigenvalue weighted by Crippen LogP contribution is 2.31. The van der Waals surface area contributed by atoms with Crippen LogP contribution in [0.25, 0.3) is 17.3 Å². The van der Waals surface area contributed by atoms with Crippen LogP contribution in [0.2, 0.25) is 0 Å². The normalized spacial score (nSPS) is 13.4. The molecule has 1 aromatic heterocycles. The number of carboxylic acids is 1. The Hall–Kier alpha value is -3.50. The Morgan fingerprint density at radius 2 is 1.82 bits per heavy atom. The minimum absolute atomic E-state index is 0.0277. The Kier molecular flexibility index (Phi) is 9.45. The maximum absolute atomic E-state index is 15.4. The van der Waals surface area contributed by atoms with E-state index in [1.54, 1.807) is 30.7 Å².